The molecule has 0 aromatic heterocycles. The quantitative estimate of drug-likeness (QED) is 0.793. The van der Waals surface area contributed by atoms with Crippen LogP contribution in [0.1, 0.15) is 50.5 Å². The third kappa shape index (κ3) is 4.96. The monoisotopic (exact) mass is 299 g/mol. The van der Waals surface area contributed by atoms with Crippen LogP contribution in [0.2, 0.25) is 0 Å². The Hall–Kier alpha value is -1.12. The molecule has 3 rings (SSSR count). The fourth-order valence-electron chi connectivity index (χ4n) is 3.60. The van der Waals surface area contributed by atoms with Crippen molar-refractivity contribution < 1.29 is 4.74 Å². The van der Waals surface area contributed by atoms with E-state index in [-0.39, 0.29) is 0 Å². The van der Waals surface area contributed by atoms with Crippen LogP contribution in [0.3, 0.4) is 0 Å². The van der Waals surface area contributed by atoms with Crippen molar-refractivity contribution in [2.24, 2.45) is 0 Å². The predicted octanol–water partition coefficient (Wildman–Crippen LogP) is 4.51. The molecular weight excluding hydrogens is 270 g/mol. The lowest BCUT2D eigenvalue weighted by Crippen LogP contribution is -2.38. The third-order valence-corrected chi connectivity index (χ3v) is 4.95. The SMILES string of the molecule is C(=C\c1ccccc1)/CN1CCC(OC2CCCCC2)CC1. The van der Waals surface area contributed by atoms with Crippen molar-refractivity contribution in [3.8, 4) is 0 Å². The molecule has 0 amide bonds. The number of hydrogen-bond donors (Lipinski definition) is 0. The van der Waals surface area contributed by atoms with Crippen LogP contribution < -0.4 is 0 Å². The maximum absolute atomic E-state index is 6.31. The van der Waals surface area contributed by atoms with Gasteiger partial charge in [0.25, 0.3) is 0 Å². The highest BCUT2D eigenvalue weighted by Gasteiger charge is 2.23. The van der Waals surface area contributed by atoms with Crippen molar-refractivity contribution in [1.29, 1.82) is 0 Å². The maximum Gasteiger partial charge on any atom is 0.0603 e. The lowest BCUT2D eigenvalue weighted by Gasteiger charge is -2.34. The van der Waals surface area contributed by atoms with E-state index in [1.54, 1.807) is 0 Å². The number of nitrogens with zero attached hydrogens (tertiary/aromatic N) is 1. The standard InChI is InChI=1S/C20H29NO/c1-3-8-18(9-4-1)10-7-15-21-16-13-20(14-17-21)22-19-11-5-2-6-12-19/h1,3-4,7-10,19-20H,2,5-6,11-17H2/b10-7+. The number of hydrogen-bond acceptors (Lipinski definition) is 2. The molecule has 1 aromatic rings. The minimum absolute atomic E-state index is 0.512. The summed E-state index contributed by atoms with van der Waals surface area (Å²) in [7, 11) is 0. The predicted molar refractivity (Wildman–Crippen MR) is 92.9 cm³/mol. The van der Waals surface area contributed by atoms with Crippen molar-refractivity contribution in [1.82, 2.24) is 4.90 Å². The van der Waals surface area contributed by atoms with Gasteiger partial charge in [0.1, 0.15) is 0 Å². The van der Waals surface area contributed by atoms with E-state index in [4.69, 9.17) is 4.74 Å². The molecular formula is C20H29NO. The summed E-state index contributed by atoms with van der Waals surface area (Å²) in [6.45, 7) is 3.41. The number of likely N-dealkylation sites (tertiary alicyclic amines) is 1. The minimum Gasteiger partial charge on any atom is -0.375 e. The van der Waals surface area contributed by atoms with Crippen LogP contribution in [0.15, 0.2) is 36.4 Å². The van der Waals surface area contributed by atoms with Crippen molar-refractivity contribution in [3.63, 3.8) is 0 Å². The Morgan fingerprint density at radius 3 is 2.32 bits per heavy atom. The first-order chi connectivity index (χ1) is 10.9. The second-order valence-corrected chi connectivity index (χ2v) is 6.71. The Bertz CT molecular complexity index is 442. The maximum atomic E-state index is 6.31. The zero-order valence-electron chi connectivity index (χ0n) is 13.6. The van der Waals surface area contributed by atoms with E-state index in [1.165, 1.54) is 63.6 Å². The molecule has 0 N–H and O–H groups in total. The Kier molecular flexibility index (Phi) is 6.09. The average molecular weight is 299 g/mol. The van der Waals surface area contributed by atoms with Gasteiger partial charge in [-0.2, -0.15) is 0 Å². The number of benzene rings is 1. The average Bonchev–Trinajstić information content (AvgIpc) is 2.58. The van der Waals surface area contributed by atoms with Gasteiger partial charge in [-0.15, -0.1) is 0 Å². The van der Waals surface area contributed by atoms with Crippen molar-refractivity contribution >= 4 is 6.08 Å². The molecule has 0 radical (unpaired) electrons. The molecule has 1 saturated heterocycles. The van der Waals surface area contributed by atoms with Gasteiger partial charge >= 0.3 is 0 Å². The molecule has 1 aliphatic heterocycles. The van der Waals surface area contributed by atoms with Crippen LogP contribution in [0, 0.1) is 0 Å². The van der Waals surface area contributed by atoms with Crippen LogP contribution in [0.5, 0.6) is 0 Å². The zero-order chi connectivity index (χ0) is 15.0. The summed E-state index contributed by atoms with van der Waals surface area (Å²) in [6, 6.07) is 10.6. The molecule has 120 valence electrons. The van der Waals surface area contributed by atoms with Gasteiger partial charge in [0.05, 0.1) is 12.2 Å². The van der Waals surface area contributed by atoms with Crippen LogP contribution in [-0.4, -0.2) is 36.7 Å². The van der Waals surface area contributed by atoms with E-state index >= 15 is 0 Å². The van der Waals surface area contributed by atoms with Gasteiger partial charge in [-0.3, -0.25) is 4.90 Å². The van der Waals surface area contributed by atoms with Gasteiger partial charge in [0, 0.05) is 19.6 Å². The molecule has 1 saturated carbocycles. The van der Waals surface area contributed by atoms with Gasteiger partial charge in [-0.1, -0.05) is 61.7 Å². The highest BCUT2D eigenvalue weighted by atomic mass is 16.5. The fourth-order valence-corrected chi connectivity index (χ4v) is 3.60. The van der Waals surface area contributed by atoms with Crippen LogP contribution >= 0.6 is 0 Å². The number of piperidine rings is 1. The van der Waals surface area contributed by atoms with Gasteiger partial charge in [-0.25, -0.2) is 0 Å². The second kappa shape index (κ2) is 8.50. The molecule has 0 atom stereocenters. The molecule has 1 aliphatic carbocycles. The first kappa shape index (κ1) is 15.8. The largest absolute Gasteiger partial charge is 0.375 e. The van der Waals surface area contributed by atoms with E-state index in [0.717, 1.165) is 6.54 Å². The van der Waals surface area contributed by atoms with E-state index in [9.17, 15) is 0 Å². The summed E-state index contributed by atoms with van der Waals surface area (Å²) in [5, 5.41) is 0. The first-order valence-corrected chi connectivity index (χ1v) is 8.99. The molecule has 2 heteroatoms. The zero-order valence-corrected chi connectivity index (χ0v) is 13.6. The van der Waals surface area contributed by atoms with Gasteiger partial charge < -0.3 is 4.74 Å². The van der Waals surface area contributed by atoms with Gasteiger partial charge in [0.2, 0.25) is 0 Å². The van der Waals surface area contributed by atoms with E-state index in [0.29, 0.717) is 12.2 Å². The molecule has 0 unspecified atom stereocenters. The molecule has 1 heterocycles. The fraction of sp³-hybridized carbons (Fsp3) is 0.600. The molecule has 2 nitrogen and oxygen atoms in total. The van der Waals surface area contributed by atoms with Crippen molar-refractivity contribution in [3.05, 3.63) is 42.0 Å². The summed E-state index contributed by atoms with van der Waals surface area (Å²) in [6.07, 6.45) is 14.7. The highest BCUT2D eigenvalue weighted by molar-refractivity contribution is 5.48. The number of rotatable bonds is 5. The third-order valence-electron chi connectivity index (χ3n) is 4.95. The minimum atomic E-state index is 0.512. The summed E-state index contributed by atoms with van der Waals surface area (Å²) >= 11 is 0. The topological polar surface area (TPSA) is 12.5 Å². The summed E-state index contributed by atoms with van der Waals surface area (Å²) < 4.78 is 6.31. The van der Waals surface area contributed by atoms with Crippen molar-refractivity contribution in [2.45, 2.75) is 57.2 Å². The smallest absolute Gasteiger partial charge is 0.0603 e. The van der Waals surface area contributed by atoms with Crippen LogP contribution in [-0.2, 0) is 4.74 Å². The normalized spacial score (nSPS) is 22.4. The molecule has 0 bridgehead atoms. The Labute approximate surface area is 135 Å². The van der Waals surface area contributed by atoms with E-state index < -0.39 is 0 Å². The summed E-state index contributed by atoms with van der Waals surface area (Å²) in [4.78, 5) is 2.54. The van der Waals surface area contributed by atoms with E-state index in [1.807, 2.05) is 0 Å². The number of ether oxygens (including phenoxy) is 1. The van der Waals surface area contributed by atoms with Crippen LogP contribution in [0.25, 0.3) is 6.08 Å². The Morgan fingerprint density at radius 1 is 0.909 bits per heavy atom. The molecule has 22 heavy (non-hydrogen) atoms. The second-order valence-electron chi connectivity index (χ2n) is 6.71. The molecule has 1 aromatic carbocycles. The highest BCUT2D eigenvalue weighted by Crippen LogP contribution is 2.24. The van der Waals surface area contributed by atoms with Gasteiger partial charge in [-0.05, 0) is 31.2 Å². The Morgan fingerprint density at radius 2 is 1.59 bits per heavy atom. The lowest BCUT2D eigenvalue weighted by atomic mass is 9.97. The molecule has 0 spiro atoms. The molecule has 2 aliphatic rings. The van der Waals surface area contributed by atoms with Crippen molar-refractivity contribution in [2.75, 3.05) is 19.6 Å². The lowest BCUT2D eigenvalue weighted by molar-refractivity contribution is -0.0546. The van der Waals surface area contributed by atoms with Crippen LogP contribution in [0.4, 0.5) is 0 Å². The Balaban J connectivity index is 1.35. The van der Waals surface area contributed by atoms with E-state index in [2.05, 4.69) is 47.4 Å². The van der Waals surface area contributed by atoms with Gasteiger partial charge in [0.15, 0.2) is 0 Å². The summed E-state index contributed by atoms with van der Waals surface area (Å²) in [5.41, 5.74) is 1.29. The first-order valence-electron chi connectivity index (χ1n) is 8.99. The molecule has 2 fully saturated rings. The summed E-state index contributed by atoms with van der Waals surface area (Å²) in [5.74, 6) is 0.